The number of ether oxygens (including phenoxy) is 1. The number of nitriles is 1. The lowest BCUT2D eigenvalue weighted by Crippen LogP contribution is -2.54. The van der Waals surface area contributed by atoms with E-state index in [9.17, 15) is 24.0 Å². The van der Waals surface area contributed by atoms with Gasteiger partial charge < -0.3 is 20.3 Å². The fraction of sp³-hybridized carbons (Fsp3) is 0.400. The number of piperidine rings is 1. The highest BCUT2D eigenvalue weighted by Gasteiger charge is 2.45. The van der Waals surface area contributed by atoms with E-state index in [-0.39, 0.29) is 35.4 Å². The molecule has 1 saturated carbocycles. The van der Waals surface area contributed by atoms with Gasteiger partial charge in [-0.3, -0.25) is 39.2 Å². The number of benzene rings is 2. The van der Waals surface area contributed by atoms with E-state index in [4.69, 9.17) is 15.0 Å². The Kier molecular flexibility index (Phi) is 11.2. The lowest BCUT2D eigenvalue weighted by molar-refractivity contribution is -0.136. The summed E-state index contributed by atoms with van der Waals surface area (Å²) in [7, 11) is 3.72. The molecule has 55 heavy (non-hydrogen) atoms. The molecule has 14 nitrogen and oxygen atoms in total. The number of methoxy groups -OCH3 is 1. The van der Waals surface area contributed by atoms with Gasteiger partial charge in [0.05, 0.1) is 50.3 Å². The Morgan fingerprint density at radius 2 is 1.87 bits per heavy atom. The smallest absolute Gasteiger partial charge is 0.264 e. The van der Waals surface area contributed by atoms with Gasteiger partial charge in [-0.15, -0.1) is 11.3 Å². The van der Waals surface area contributed by atoms with Gasteiger partial charge in [0.2, 0.25) is 11.8 Å². The highest BCUT2D eigenvalue weighted by atomic mass is 32.1. The summed E-state index contributed by atoms with van der Waals surface area (Å²) in [6, 6.07) is 11.4. The van der Waals surface area contributed by atoms with E-state index >= 15 is 0 Å². The third kappa shape index (κ3) is 8.06. The zero-order chi connectivity index (χ0) is 38.6. The van der Waals surface area contributed by atoms with Gasteiger partial charge in [0.25, 0.3) is 17.7 Å². The van der Waals surface area contributed by atoms with Crippen molar-refractivity contribution in [2.45, 2.75) is 63.3 Å². The van der Waals surface area contributed by atoms with Crippen LogP contribution in [0.25, 0.3) is 10.2 Å². The van der Waals surface area contributed by atoms with Crippen LogP contribution in [-0.4, -0.2) is 89.1 Å². The summed E-state index contributed by atoms with van der Waals surface area (Å²) >= 11 is 1.65. The number of anilines is 2. The molecule has 15 heteroatoms. The van der Waals surface area contributed by atoms with Crippen molar-refractivity contribution in [1.29, 1.82) is 5.26 Å². The molecule has 4 heterocycles. The lowest BCUT2D eigenvalue weighted by Gasteiger charge is -2.30. The molecular weight excluding hydrogens is 721 g/mol. The summed E-state index contributed by atoms with van der Waals surface area (Å²) in [5.74, 6) is -0.915. The fourth-order valence-corrected chi connectivity index (χ4v) is 8.91. The standard InChI is InChI=1S/C40H42N8O6S/c1-47(15-4-3-14-43-28-7-5-6-27-35(28)40(53)48(39(27)52)31-12-13-34(49)46-37(31)51)22-23-8-10-25(11-9-23)38-45-30-17-32(54-2)29(18-33(30)55-38)44-36(50)26-16-24(19-41)20-42-21-26/h5-7,16-18,20-21,23,25,31,43H,3-4,8-15,22H2,1-2H3,(H,44,50)(H,46,49,51). The topological polar surface area (TPSA) is 187 Å². The molecule has 1 atom stereocenters. The van der Waals surface area contributed by atoms with Crippen molar-refractivity contribution < 1.29 is 28.7 Å². The maximum atomic E-state index is 13.4. The summed E-state index contributed by atoms with van der Waals surface area (Å²) in [6.45, 7) is 2.59. The first-order chi connectivity index (χ1) is 26.6. The molecule has 0 spiro atoms. The molecular formula is C40H42N8O6S. The van der Waals surface area contributed by atoms with Crippen LogP contribution >= 0.6 is 11.3 Å². The minimum absolute atomic E-state index is 0.0823. The molecule has 4 aromatic rings. The Labute approximate surface area is 322 Å². The van der Waals surface area contributed by atoms with Crippen LogP contribution in [0.2, 0.25) is 0 Å². The minimum Gasteiger partial charge on any atom is -0.494 e. The highest BCUT2D eigenvalue weighted by molar-refractivity contribution is 7.18. The van der Waals surface area contributed by atoms with E-state index in [2.05, 4.69) is 32.9 Å². The monoisotopic (exact) mass is 762 g/mol. The van der Waals surface area contributed by atoms with E-state index in [0.29, 0.717) is 41.1 Å². The van der Waals surface area contributed by atoms with Crippen LogP contribution in [0.1, 0.15) is 98.9 Å². The number of nitrogens with zero attached hydrogens (tertiary/aromatic N) is 5. The number of aromatic nitrogens is 2. The molecule has 0 radical (unpaired) electrons. The molecule has 3 N–H and O–H groups in total. The zero-order valence-electron chi connectivity index (χ0n) is 30.7. The van der Waals surface area contributed by atoms with Gasteiger partial charge in [-0.25, -0.2) is 4.98 Å². The van der Waals surface area contributed by atoms with Crippen molar-refractivity contribution in [2.24, 2.45) is 5.92 Å². The molecule has 0 bridgehead atoms. The number of pyridine rings is 1. The van der Waals surface area contributed by atoms with Crippen LogP contribution in [0.3, 0.4) is 0 Å². The number of nitrogens with one attached hydrogen (secondary N) is 3. The average molecular weight is 763 g/mol. The minimum atomic E-state index is -0.989. The van der Waals surface area contributed by atoms with Crippen molar-refractivity contribution >= 4 is 62.5 Å². The van der Waals surface area contributed by atoms with Crippen LogP contribution in [-0.2, 0) is 9.59 Å². The second-order valence-corrected chi connectivity index (χ2v) is 15.5. The Morgan fingerprint density at radius 3 is 2.64 bits per heavy atom. The zero-order valence-corrected chi connectivity index (χ0v) is 31.5. The molecule has 2 aromatic heterocycles. The average Bonchev–Trinajstić information content (AvgIpc) is 3.72. The summed E-state index contributed by atoms with van der Waals surface area (Å²) in [6.07, 6.45) is 9.25. The summed E-state index contributed by atoms with van der Waals surface area (Å²) in [4.78, 5) is 75.8. The molecule has 2 aliphatic heterocycles. The van der Waals surface area contributed by atoms with Crippen LogP contribution < -0.4 is 20.7 Å². The number of thiazole rings is 1. The van der Waals surface area contributed by atoms with Crippen molar-refractivity contribution in [3.8, 4) is 11.8 Å². The van der Waals surface area contributed by atoms with E-state index in [1.807, 2.05) is 18.2 Å². The van der Waals surface area contributed by atoms with Crippen molar-refractivity contribution in [2.75, 3.05) is 44.4 Å². The first-order valence-corrected chi connectivity index (χ1v) is 19.4. The van der Waals surface area contributed by atoms with Crippen LogP contribution in [0.15, 0.2) is 48.8 Å². The van der Waals surface area contributed by atoms with E-state index in [0.717, 1.165) is 71.7 Å². The van der Waals surface area contributed by atoms with Gasteiger partial charge >= 0.3 is 0 Å². The largest absolute Gasteiger partial charge is 0.494 e. The predicted octanol–water partition coefficient (Wildman–Crippen LogP) is 5.32. The second kappa shape index (κ2) is 16.3. The third-order valence-electron chi connectivity index (χ3n) is 10.6. The van der Waals surface area contributed by atoms with Gasteiger partial charge in [-0.2, -0.15) is 5.26 Å². The number of amides is 5. The molecule has 5 amide bonds. The molecule has 2 aromatic carbocycles. The molecule has 3 aliphatic rings. The fourth-order valence-electron chi connectivity index (χ4n) is 7.75. The van der Waals surface area contributed by atoms with Gasteiger partial charge in [-0.05, 0) is 88.7 Å². The van der Waals surface area contributed by atoms with Crippen LogP contribution in [0.5, 0.6) is 5.75 Å². The van der Waals surface area contributed by atoms with Crippen molar-refractivity contribution in [1.82, 2.24) is 25.1 Å². The third-order valence-corrected chi connectivity index (χ3v) is 11.8. The van der Waals surface area contributed by atoms with Crippen LogP contribution in [0, 0.1) is 17.2 Å². The molecule has 1 unspecified atom stereocenters. The van der Waals surface area contributed by atoms with Gasteiger partial charge in [0, 0.05) is 49.6 Å². The van der Waals surface area contributed by atoms with E-state index in [1.54, 1.807) is 36.6 Å². The Bertz CT molecular complexity index is 2210. The van der Waals surface area contributed by atoms with E-state index in [1.165, 1.54) is 18.5 Å². The maximum absolute atomic E-state index is 13.4. The van der Waals surface area contributed by atoms with Gasteiger partial charge in [0.1, 0.15) is 17.9 Å². The van der Waals surface area contributed by atoms with Gasteiger partial charge in [-0.1, -0.05) is 6.07 Å². The molecule has 2 fully saturated rings. The maximum Gasteiger partial charge on any atom is 0.264 e. The second-order valence-electron chi connectivity index (χ2n) is 14.4. The number of hydrogen-bond donors (Lipinski definition) is 3. The lowest BCUT2D eigenvalue weighted by atomic mass is 9.82. The summed E-state index contributed by atoms with van der Waals surface area (Å²) < 4.78 is 6.55. The number of carbonyl (C=O) groups is 5. The Morgan fingerprint density at radius 1 is 1.05 bits per heavy atom. The predicted molar refractivity (Wildman–Crippen MR) is 206 cm³/mol. The molecule has 284 valence electrons. The Balaban J connectivity index is 0.861. The number of carbonyl (C=O) groups excluding carboxylic acids is 5. The molecule has 1 aliphatic carbocycles. The number of imide groups is 2. The highest BCUT2D eigenvalue weighted by Crippen LogP contribution is 2.41. The number of hydrogen-bond acceptors (Lipinski definition) is 12. The number of unbranched alkanes of at least 4 members (excludes halogenated alkanes) is 1. The summed E-state index contributed by atoms with van der Waals surface area (Å²) in [5.41, 5.74) is 3.10. The SMILES string of the molecule is COc1cc2nc(C3CCC(CN(C)CCCCNc4cccc5c4C(=O)N(C4CCC(=O)NC4=O)C5=O)CC3)sc2cc1NC(=O)c1cncc(C#N)c1. The quantitative estimate of drug-likeness (QED) is 0.118. The van der Waals surface area contributed by atoms with Crippen molar-refractivity contribution in [3.05, 3.63) is 76.1 Å². The normalized spacial score (nSPS) is 19.7. The number of rotatable bonds is 13. The first kappa shape index (κ1) is 37.6. The first-order valence-electron chi connectivity index (χ1n) is 18.6. The van der Waals surface area contributed by atoms with Crippen molar-refractivity contribution in [3.63, 3.8) is 0 Å². The van der Waals surface area contributed by atoms with Gasteiger partial charge in [0.15, 0.2) is 0 Å². The van der Waals surface area contributed by atoms with E-state index < -0.39 is 29.7 Å². The molecule has 1 saturated heterocycles. The Hall–Kier alpha value is -5.72. The number of fused-ring (bicyclic) bond motifs is 2. The molecule has 7 rings (SSSR count). The summed E-state index contributed by atoms with van der Waals surface area (Å²) in [5, 5.41) is 18.7. The van der Waals surface area contributed by atoms with Crippen LogP contribution in [0.4, 0.5) is 11.4 Å².